The van der Waals surface area contributed by atoms with E-state index >= 15 is 0 Å². The number of hydrogen-bond donors (Lipinski definition) is 2. The second kappa shape index (κ2) is 4.63. The van der Waals surface area contributed by atoms with Gasteiger partial charge in [0.15, 0.2) is 0 Å². The van der Waals surface area contributed by atoms with E-state index in [0.717, 1.165) is 5.56 Å². The van der Waals surface area contributed by atoms with Crippen molar-refractivity contribution in [3.63, 3.8) is 0 Å². The van der Waals surface area contributed by atoms with Crippen LogP contribution in [0.5, 0.6) is 0 Å². The fourth-order valence-electron chi connectivity index (χ4n) is 1.51. The first kappa shape index (κ1) is 11.7. The summed E-state index contributed by atoms with van der Waals surface area (Å²) in [7, 11) is 0. The molecular weight excluding hydrogens is 239 g/mol. The van der Waals surface area contributed by atoms with Crippen LogP contribution in [0.3, 0.4) is 0 Å². The molecule has 0 bridgehead atoms. The van der Waals surface area contributed by atoms with E-state index in [1.165, 1.54) is 6.07 Å². The summed E-state index contributed by atoms with van der Waals surface area (Å²) in [5.41, 5.74) is 8.47. The fourth-order valence-corrected chi connectivity index (χ4v) is 1.67. The van der Waals surface area contributed by atoms with E-state index in [1.807, 2.05) is 19.1 Å². The van der Waals surface area contributed by atoms with E-state index in [9.17, 15) is 4.39 Å². The fraction of sp³-hybridized carbons (Fsp3) is 0.0769. The SMILES string of the molecule is Cc1ccc(N)c(Nc2ccc(Cl)cc2F)c1. The molecule has 0 aliphatic rings. The quantitative estimate of drug-likeness (QED) is 0.787. The third-order valence-corrected chi connectivity index (χ3v) is 2.64. The smallest absolute Gasteiger partial charge is 0.148 e. The Hall–Kier alpha value is -1.74. The number of nitrogens with one attached hydrogen (secondary N) is 1. The highest BCUT2D eigenvalue weighted by atomic mass is 35.5. The van der Waals surface area contributed by atoms with E-state index < -0.39 is 5.82 Å². The zero-order valence-corrected chi connectivity index (χ0v) is 10.1. The van der Waals surface area contributed by atoms with Crippen LogP contribution in [0.2, 0.25) is 5.02 Å². The minimum absolute atomic E-state index is 0.353. The lowest BCUT2D eigenvalue weighted by Gasteiger charge is -2.11. The summed E-state index contributed by atoms with van der Waals surface area (Å²) >= 11 is 5.68. The van der Waals surface area contributed by atoms with Gasteiger partial charge in [-0.2, -0.15) is 0 Å². The van der Waals surface area contributed by atoms with Crippen molar-refractivity contribution in [2.45, 2.75) is 6.92 Å². The van der Waals surface area contributed by atoms with Gasteiger partial charge in [-0.15, -0.1) is 0 Å². The number of nitrogens with two attached hydrogens (primary N) is 1. The van der Waals surface area contributed by atoms with Gasteiger partial charge in [-0.1, -0.05) is 17.7 Å². The largest absolute Gasteiger partial charge is 0.397 e. The molecule has 0 saturated carbocycles. The first-order chi connectivity index (χ1) is 8.06. The number of anilines is 3. The lowest BCUT2D eigenvalue weighted by Crippen LogP contribution is -1.98. The van der Waals surface area contributed by atoms with Crippen LogP contribution in [0.25, 0.3) is 0 Å². The van der Waals surface area contributed by atoms with Crippen LogP contribution in [0, 0.1) is 12.7 Å². The molecule has 0 unspecified atom stereocenters. The normalized spacial score (nSPS) is 10.3. The van der Waals surface area contributed by atoms with Crippen LogP contribution in [-0.2, 0) is 0 Å². The number of nitrogen functional groups attached to an aromatic ring is 1. The Morgan fingerprint density at radius 3 is 2.59 bits per heavy atom. The van der Waals surface area contributed by atoms with Gasteiger partial charge in [-0.3, -0.25) is 0 Å². The Labute approximate surface area is 104 Å². The van der Waals surface area contributed by atoms with Crippen molar-refractivity contribution in [1.29, 1.82) is 0 Å². The third-order valence-electron chi connectivity index (χ3n) is 2.41. The Balaban J connectivity index is 2.34. The van der Waals surface area contributed by atoms with Crippen LogP contribution >= 0.6 is 11.6 Å². The minimum atomic E-state index is -0.404. The van der Waals surface area contributed by atoms with Crippen LogP contribution < -0.4 is 11.1 Å². The molecule has 2 nitrogen and oxygen atoms in total. The van der Waals surface area contributed by atoms with Crippen molar-refractivity contribution < 1.29 is 4.39 Å². The van der Waals surface area contributed by atoms with Crippen molar-refractivity contribution in [1.82, 2.24) is 0 Å². The van der Waals surface area contributed by atoms with Gasteiger partial charge in [0.25, 0.3) is 0 Å². The molecule has 0 saturated heterocycles. The Morgan fingerprint density at radius 1 is 1.12 bits per heavy atom. The highest BCUT2D eigenvalue weighted by Crippen LogP contribution is 2.27. The maximum absolute atomic E-state index is 13.6. The molecule has 0 amide bonds. The summed E-state index contributed by atoms with van der Waals surface area (Å²) in [6.45, 7) is 1.95. The summed E-state index contributed by atoms with van der Waals surface area (Å²) in [4.78, 5) is 0. The monoisotopic (exact) mass is 250 g/mol. The zero-order chi connectivity index (χ0) is 12.4. The van der Waals surface area contributed by atoms with Gasteiger partial charge in [-0.25, -0.2) is 4.39 Å². The van der Waals surface area contributed by atoms with Crippen LogP contribution in [0.4, 0.5) is 21.5 Å². The molecule has 0 aromatic heterocycles. The van der Waals surface area contributed by atoms with E-state index in [0.29, 0.717) is 22.1 Å². The molecule has 17 heavy (non-hydrogen) atoms. The molecule has 2 aromatic carbocycles. The van der Waals surface area contributed by atoms with E-state index in [-0.39, 0.29) is 0 Å². The molecule has 3 N–H and O–H groups in total. The van der Waals surface area contributed by atoms with Gasteiger partial charge < -0.3 is 11.1 Å². The average Bonchev–Trinajstić information content (AvgIpc) is 2.27. The molecule has 88 valence electrons. The topological polar surface area (TPSA) is 38.0 Å². The summed E-state index contributed by atoms with van der Waals surface area (Å²) in [6, 6.07) is 10.0. The maximum Gasteiger partial charge on any atom is 0.148 e. The maximum atomic E-state index is 13.6. The van der Waals surface area contributed by atoms with Gasteiger partial charge in [-0.05, 0) is 42.8 Å². The summed E-state index contributed by atoms with van der Waals surface area (Å²) < 4.78 is 13.6. The van der Waals surface area contributed by atoms with Crippen molar-refractivity contribution in [3.05, 3.63) is 52.8 Å². The number of hydrogen-bond acceptors (Lipinski definition) is 2. The predicted octanol–water partition coefficient (Wildman–Crippen LogP) is 4.11. The molecule has 0 atom stereocenters. The Kier molecular flexibility index (Phi) is 3.20. The van der Waals surface area contributed by atoms with Gasteiger partial charge >= 0.3 is 0 Å². The molecule has 2 aromatic rings. The van der Waals surface area contributed by atoms with E-state index in [2.05, 4.69) is 5.32 Å². The standard InChI is InChI=1S/C13H12ClFN2/c1-8-2-4-11(16)13(6-8)17-12-5-3-9(14)7-10(12)15/h2-7,17H,16H2,1H3. The number of aryl methyl sites for hydroxylation is 1. The van der Waals surface area contributed by atoms with Crippen molar-refractivity contribution >= 4 is 28.7 Å². The molecule has 0 aliphatic heterocycles. The lowest BCUT2D eigenvalue weighted by molar-refractivity contribution is 0.632. The van der Waals surface area contributed by atoms with Gasteiger partial charge in [0.05, 0.1) is 17.1 Å². The van der Waals surface area contributed by atoms with Crippen molar-refractivity contribution in [2.24, 2.45) is 0 Å². The van der Waals surface area contributed by atoms with Crippen molar-refractivity contribution in [3.8, 4) is 0 Å². The molecule has 0 spiro atoms. The molecule has 0 heterocycles. The summed E-state index contributed by atoms with van der Waals surface area (Å²) in [6.07, 6.45) is 0. The lowest BCUT2D eigenvalue weighted by atomic mass is 10.2. The molecule has 0 radical (unpaired) electrons. The highest BCUT2D eigenvalue weighted by molar-refractivity contribution is 6.30. The van der Waals surface area contributed by atoms with Gasteiger partial charge in [0, 0.05) is 5.02 Å². The molecule has 0 fully saturated rings. The minimum Gasteiger partial charge on any atom is -0.397 e. The molecule has 4 heteroatoms. The second-order valence-electron chi connectivity index (χ2n) is 3.84. The van der Waals surface area contributed by atoms with Gasteiger partial charge in [0.2, 0.25) is 0 Å². The van der Waals surface area contributed by atoms with Crippen LogP contribution in [0.1, 0.15) is 5.56 Å². The number of rotatable bonds is 2. The summed E-state index contributed by atoms with van der Waals surface area (Å²) in [5, 5.41) is 3.32. The molecular formula is C13H12ClFN2. The van der Waals surface area contributed by atoms with Crippen LogP contribution in [0.15, 0.2) is 36.4 Å². The molecule has 0 aliphatic carbocycles. The van der Waals surface area contributed by atoms with E-state index in [4.69, 9.17) is 17.3 Å². The van der Waals surface area contributed by atoms with Crippen molar-refractivity contribution in [2.75, 3.05) is 11.1 Å². The zero-order valence-electron chi connectivity index (χ0n) is 9.30. The summed E-state index contributed by atoms with van der Waals surface area (Å²) in [5.74, 6) is -0.404. The second-order valence-corrected chi connectivity index (χ2v) is 4.28. The number of halogens is 2. The Morgan fingerprint density at radius 2 is 1.88 bits per heavy atom. The first-order valence-corrected chi connectivity index (χ1v) is 5.52. The van der Waals surface area contributed by atoms with Gasteiger partial charge in [0.1, 0.15) is 5.82 Å². The molecule has 2 rings (SSSR count). The average molecular weight is 251 g/mol. The van der Waals surface area contributed by atoms with E-state index in [1.54, 1.807) is 18.2 Å². The van der Waals surface area contributed by atoms with Crippen LogP contribution in [-0.4, -0.2) is 0 Å². The first-order valence-electron chi connectivity index (χ1n) is 5.14. The number of benzene rings is 2. The highest BCUT2D eigenvalue weighted by Gasteiger charge is 2.05. The predicted molar refractivity (Wildman–Crippen MR) is 70.3 cm³/mol. The third kappa shape index (κ3) is 2.68. The Bertz CT molecular complexity index is 555.